The van der Waals surface area contributed by atoms with Gasteiger partial charge in [0.15, 0.2) is 0 Å². The van der Waals surface area contributed by atoms with E-state index in [1.54, 1.807) is 0 Å². The molecule has 24 heavy (non-hydrogen) atoms. The van der Waals surface area contributed by atoms with Crippen molar-refractivity contribution in [1.82, 2.24) is 20.2 Å². The summed E-state index contributed by atoms with van der Waals surface area (Å²) in [6, 6.07) is 8.14. The fraction of sp³-hybridized carbons (Fsp3) is 0.389. The molecule has 0 aromatic carbocycles. The van der Waals surface area contributed by atoms with E-state index < -0.39 is 0 Å². The molecular formula is C18H21N5O. The molecule has 3 N–H and O–H groups in total. The number of rotatable bonds is 4. The minimum absolute atomic E-state index is 0.0782. The minimum Gasteiger partial charge on any atom is -0.384 e. The second-order valence-corrected chi connectivity index (χ2v) is 6.58. The van der Waals surface area contributed by atoms with Gasteiger partial charge in [0.2, 0.25) is 5.91 Å². The molecule has 1 aliphatic carbocycles. The molecule has 2 aliphatic rings. The predicted octanol–water partition coefficient (Wildman–Crippen LogP) is 1.53. The Balaban J connectivity index is 1.50. The average Bonchev–Trinajstić information content (AvgIpc) is 3.40. The number of carbonyl (C=O) groups is 1. The highest BCUT2D eigenvalue weighted by Crippen LogP contribution is 2.41. The van der Waals surface area contributed by atoms with Crippen LogP contribution in [0, 0.1) is 0 Å². The maximum absolute atomic E-state index is 11.4. The topological polar surface area (TPSA) is 84.1 Å². The Morgan fingerprint density at radius 2 is 2.17 bits per heavy atom. The maximum atomic E-state index is 11.4. The molecule has 2 aromatic heterocycles. The second kappa shape index (κ2) is 6.20. The van der Waals surface area contributed by atoms with Crippen LogP contribution in [0.2, 0.25) is 0 Å². The highest BCUT2D eigenvalue weighted by Gasteiger charge is 2.24. The number of carbonyl (C=O) groups excluding carboxylic acids is 1. The lowest BCUT2D eigenvalue weighted by molar-refractivity contribution is -0.124. The zero-order valence-corrected chi connectivity index (χ0v) is 13.5. The Bertz CT molecular complexity index is 755. The Labute approximate surface area is 141 Å². The van der Waals surface area contributed by atoms with E-state index in [9.17, 15) is 4.79 Å². The molecule has 1 amide bonds. The first-order chi connectivity index (χ1) is 11.7. The van der Waals surface area contributed by atoms with Crippen molar-refractivity contribution in [2.75, 3.05) is 25.4 Å². The monoisotopic (exact) mass is 323 g/mol. The lowest BCUT2D eigenvalue weighted by atomic mass is 10.1. The SMILES string of the molecule is Nc1cc(C2CC2)cc(-c2ccc(CN3CCNC(=O)C3)nc2)n1. The standard InChI is InChI=1S/C18H21N5O/c19-17-8-14(12-1-2-12)7-16(22-17)13-3-4-15(21-9-13)10-23-6-5-20-18(24)11-23/h3-4,7-9,12H,1-2,5-6,10-11H2,(H2,19,22)(H,20,24). The normalized spacial score (nSPS) is 18.4. The molecule has 2 aromatic rings. The summed E-state index contributed by atoms with van der Waals surface area (Å²) < 4.78 is 0. The Morgan fingerprint density at radius 3 is 2.88 bits per heavy atom. The van der Waals surface area contributed by atoms with Crippen LogP contribution < -0.4 is 11.1 Å². The summed E-state index contributed by atoms with van der Waals surface area (Å²) >= 11 is 0. The van der Waals surface area contributed by atoms with E-state index in [1.807, 2.05) is 24.4 Å². The molecule has 6 heteroatoms. The van der Waals surface area contributed by atoms with Crippen molar-refractivity contribution in [3.63, 3.8) is 0 Å². The van der Waals surface area contributed by atoms with E-state index >= 15 is 0 Å². The van der Waals surface area contributed by atoms with E-state index in [0.717, 1.165) is 23.5 Å². The molecule has 0 unspecified atom stereocenters. The smallest absolute Gasteiger partial charge is 0.234 e. The number of nitrogens with two attached hydrogens (primary N) is 1. The molecule has 4 rings (SSSR count). The molecule has 6 nitrogen and oxygen atoms in total. The van der Waals surface area contributed by atoms with Gasteiger partial charge in [0.1, 0.15) is 5.82 Å². The molecular weight excluding hydrogens is 302 g/mol. The summed E-state index contributed by atoms with van der Waals surface area (Å²) in [5.41, 5.74) is 10.0. The summed E-state index contributed by atoms with van der Waals surface area (Å²) in [6.45, 7) is 2.68. The van der Waals surface area contributed by atoms with Crippen molar-refractivity contribution in [1.29, 1.82) is 0 Å². The van der Waals surface area contributed by atoms with E-state index in [-0.39, 0.29) is 5.91 Å². The lowest BCUT2D eigenvalue weighted by Crippen LogP contribution is -2.47. The highest BCUT2D eigenvalue weighted by molar-refractivity contribution is 5.78. The first-order valence-corrected chi connectivity index (χ1v) is 8.39. The van der Waals surface area contributed by atoms with Gasteiger partial charge in [-0.2, -0.15) is 0 Å². The number of hydrogen-bond acceptors (Lipinski definition) is 5. The fourth-order valence-electron chi connectivity index (χ4n) is 3.10. The van der Waals surface area contributed by atoms with Crippen LogP contribution in [0.5, 0.6) is 0 Å². The van der Waals surface area contributed by atoms with E-state index in [0.29, 0.717) is 31.4 Å². The van der Waals surface area contributed by atoms with Gasteiger partial charge < -0.3 is 11.1 Å². The van der Waals surface area contributed by atoms with Crippen molar-refractivity contribution < 1.29 is 4.79 Å². The summed E-state index contributed by atoms with van der Waals surface area (Å²) in [5, 5.41) is 2.83. The lowest BCUT2D eigenvalue weighted by Gasteiger charge is -2.25. The van der Waals surface area contributed by atoms with Gasteiger partial charge in [-0.15, -0.1) is 0 Å². The van der Waals surface area contributed by atoms with Gasteiger partial charge in [-0.05, 0) is 48.6 Å². The van der Waals surface area contributed by atoms with Crippen LogP contribution in [0.1, 0.15) is 30.0 Å². The minimum atomic E-state index is 0.0782. The van der Waals surface area contributed by atoms with Crippen LogP contribution in [-0.4, -0.2) is 40.4 Å². The predicted molar refractivity (Wildman–Crippen MR) is 92.1 cm³/mol. The van der Waals surface area contributed by atoms with Crippen molar-refractivity contribution in [3.05, 3.63) is 41.7 Å². The number of nitrogen functional groups attached to an aromatic ring is 1. The maximum Gasteiger partial charge on any atom is 0.234 e. The Hall–Kier alpha value is -2.47. The second-order valence-electron chi connectivity index (χ2n) is 6.58. The Morgan fingerprint density at radius 1 is 1.29 bits per heavy atom. The van der Waals surface area contributed by atoms with Gasteiger partial charge in [0.05, 0.1) is 17.9 Å². The zero-order valence-electron chi connectivity index (χ0n) is 13.5. The number of piperazine rings is 1. The number of hydrogen-bond donors (Lipinski definition) is 2. The third-order valence-corrected chi connectivity index (χ3v) is 4.54. The first kappa shape index (κ1) is 15.1. The summed E-state index contributed by atoms with van der Waals surface area (Å²) in [7, 11) is 0. The number of amides is 1. The van der Waals surface area contributed by atoms with Gasteiger partial charge in [-0.25, -0.2) is 4.98 Å². The molecule has 3 heterocycles. The number of anilines is 1. The van der Waals surface area contributed by atoms with E-state index in [1.165, 1.54) is 18.4 Å². The quantitative estimate of drug-likeness (QED) is 0.891. The van der Waals surface area contributed by atoms with Crippen LogP contribution in [0.25, 0.3) is 11.3 Å². The summed E-state index contributed by atoms with van der Waals surface area (Å²) in [5.74, 6) is 1.29. The van der Waals surface area contributed by atoms with Gasteiger partial charge >= 0.3 is 0 Å². The molecule has 124 valence electrons. The summed E-state index contributed by atoms with van der Waals surface area (Å²) in [4.78, 5) is 22.5. The van der Waals surface area contributed by atoms with Crippen molar-refractivity contribution in [2.45, 2.75) is 25.3 Å². The van der Waals surface area contributed by atoms with Gasteiger partial charge in [0.25, 0.3) is 0 Å². The Kier molecular flexibility index (Phi) is 3.90. The number of aromatic nitrogens is 2. The molecule has 1 saturated heterocycles. The highest BCUT2D eigenvalue weighted by atomic mass is 16.2. The van der Waals surface area contributed by atoms with Crippen LogP contribution in [0.3, 0.4) is 0 Å². The van der Waals surface area contributed by atoms with Crippen molar-refractivity contribution >= 4 is 11.7 Å². The molecule has 0 bridgehead atoms. The number of pyridine rings is 2. The van der Waals surface area contributed by atoms with Gasteiger partial charge in [-0.1, -0.05) is 0 Å². The van der Waals surface area contributed by atoms with E-state index in [4.69, 9.17) is 5.73 Å². The number of nitrogens with one attached hydrogen (secondary N) is 1. The van der Waals surface area contributed by atoms with Crippen molar-refractivity contribution in [2.24, 2.45) is 0 Å². The first-order valence-electron chi connectivity index (χ1n) is 8.39. The molecule has 1 aliphatic heterocycles. The van der Waals surface area contributed by atoms with Crippen LogP contribution in [0.15, 0.2) is 30.5 Å². The van der Waals surface area contributed by atoms with Crippen LogP contribution in [0.4, 0.5) is 5.82 Å². The zero-order chi connectivity index (χ0) is 16.5. The third kappa shape index (κ3) is 3.38. The van der Waals surface area contributed by atoms with Gasteiger partial charge in [0, 0.05) is 31.4 Å². The molecule has 0 radical (unpaired) electrons. The van der Waals surface area contributed by atoms with Crippen molar-refractivity contribution in [3.8, 4) is 11.3 Å². The summed E-state index contributed by atoms with van der Waals surface area (Å²) in [6.07, 6.45) is 4.32. The fourth-order valence-corrected chi connectivity index (χ4v) is 3.10. The molecule has 0 spiro atoms. The largest absolute Gasteiger partial charge is 0.384 e. The van der Waals surface area contributed by atoms with E-state index in [2.05, 4.69) is 26.3 Å². The average molecular weight is 323 g/mol. The van der Waals surface area contributed by atoms with Crippen LogP contribution >= 0.6 is 0 Å². The third-order valence-electron chi connectivity index (χ3n) is 4.54. The van der Waals surface area contributed by atoms with Gasteiger partial charge in [-0.3, -0.25) is 14.7 Å². The molecule has 2 fully saturated rings. The molecule has 0 atom stereocenters. The number of nitrogens with zero attached hydrogens (tertiary/aromatic N) is 3. The molecule has 1 saturated carbocycles. The van der Waals surface area contributed by atoms with Crippen LogP contribution in [-0.2, 0) is 11.3 Å².